The van der Waals surface area contributed by atoms with Crippen LogP contribution in [0.1, 0.15) is 38.2 Å². The number of aryl methyl sites for hydroxylation is 1. The van der Waals surface area contributed by atoms with E-state index in [4.69, 9.17) is 10.5 Å². The number of benzene rings is 1. The number of unbranched alkanes of at least 4 members (excludes halogenated alkanes) is 3. The van der Waals surface area contributed by atoms with Crippen LogP contribution in [0.2, 0.25) is 0 Å². The van der Waals surface area contributed by atoms with Gasteiger partial charge in [0.2, 0.25) is 0 Å². The van der Waals surface area contributed by atoms with Gasteiger partial charge in [-0.15, -0.1) is 0 Å². The van der Waals surface area contributed by atoms with E-state index in [1.165, 1.54) is 36.9 Å². The maximum atomic E-state index is 5.72. The summed E-state index contributed by atoms with van der Waals surface area (Å²) in [5.41, 5.74) is 8.96. The van der Waals surface area contributed by atoms with Crippen molar-refractivity contribution in [1.29, 1.82) is 0 Å². The van der Waals surface area contributed by atoms with Gasteiger partial charge in [0, 0.05) is 31.1 Å². The third kappa shape index (κ3) is 5.92. The van der Waals surface area contributed by atoms with Crippen molar-refractivity contribution in [1.82, 2.24) is 0 Å². The SMILES string of the molecule is CCOCCCCCCNc1ccc(N)cc1C. The lowest BCUT2D eigenvalue weighted by Gasteiger charge is -2.10. The van der Waals surface area contributed by atoms with Crippen LogP contribution < -0.4 is 11.1 Å². The highest BCUT2D eigenvalue weighted by Gasteiger charge is 1.97. The largest absolute Gasteiger partial charge is 0.399 e. The molecule has 0 spiro atoms. The van der Waals surface area contributed by atoms with Crippen molar-refractivity contribution in [3.8, 4) is 0 Å². The summed E-state index contributed by atoms with van der Waals surface area (Å²) >= 11 is 0. The van der Waals surface area contributed by atoms with Gasteiger partial charge in [-0.1, -0.05) is 12.8 Å². The van der Waals surface area contributed by atoms with Crippen LogP contribution in [0.15, 0.2) is 18.2 Å². The molecular formula is C15H26N2O. The van der Waals surface area contributed by atoms with E-state index < -0.39 is 0 Å². The Morgan fingerprint density at radius 2 is 1.94 bits per heavy atom. The molecule has 0 saturated carbocycles. The van der Waals surface area contributed by atoms with Gasteiger partial charge in [0.1, 0.15) is 0 Å². The smallest absolute Gasteiger partial charge is 0.0465 e. The Morgan fingerprint density at radius 3 is 2.67 bits per heavy atom. The molecule has 18 heavy (non-hydrogen) atoms. The van der Waals surface area contributed by atoms with Crippen molar-refractivity contribution in [3.63, 3.8) is 0 Å². The van der Waals surface area contributed by atoms with Crippen LogP contribution in [0.3, 0.4) is 0 Å². The normalized spacial score (nSPS) is 10.6. The summed E-state index contributed by atoms with van der Waals surface area (Å²) in [4.78, 5) is 0. The lowest BCUT2D eigenvalue weighted by Crippen LogP contribution is -2.03. The van der Waals surface area contributed by atoms with E-state index in [-0.39, 0.29) is 0 Å². The molecule has 1 aromatic carbocycles. The predicted molar refractivity (Wildman–Crippen MR) is 79.0 cm³/mol. The summed E-state index contributed by atoms with van der Waals surface area (Å²) in [6, 6.07) is 6.00. The second kappa shape index (κ2) is 8.81. The Kier molecular flexibility index (Phi) is 7.26. The van der Waals surface area contributed by atoms with Gasteiger partial charge in [-0.3, -0.25) is 0 Å². The van der Waals surface area contributed by atoms with Crippen molar-refractivity contribution in [2.75, 3.05) is 30.8 Å². The zero-order valence-corrected chi connectivity index (χ0v) is 11.7. The molecule has 0 atom stereocenters. The third-order valence-electron chi connectivity index (χ3n) is 2.99. The molecule has 0 amide bonds. The fourth-order valence-corrected chi connectivity index (χ4v) is 1.94. The summed E-state index contributed by atoms with van der Waals surface area (Å²) in [5, 5.41) is 3.46. The monoisotopic (exact) mass is 250 g/mol. The van der Waals surface area contributed by atoms with Gasteiger partial charge in [-0.25, -0.2) is 0 Å². The quantitative estimate of drug-likeness (QED) is 0.520. The van der Waals surface area contributed by atoms with Crippen LogP contribution in [-0.2, 0) is 4.74 Å². The maximum Gasteiger partial charge on any atom is 0.0465 e. The van der Waals surface area contributed by atoms with Gasteiger partial charge < -0.3 is 15.8 Å². The second-order valence-corrected chi connectivity index (χ2v) is 4.61. The standard InChI is InChI=1S/C15H26N2O/c1-3-18-11-7-5-4-6-10-17-15-9-8-14(16)12-13(15)2/h8-9,12,17H,3-7,10-11,16H2,1-2H3. The maximum absolute atomic E-state index is 5.72. The highest BCUT2D eigenvalue weighted by atomic mass is 16.5. The Labute approximate surface area is 111 Å². The van der Waals surface area contributed by atoms with Crippen molar-refractivity contribution >= 4 is 11.4 Å². The summed E-state index contributed by atoms with van der Waals surface area (Å²) in [6.07, 6.45) is 4.89. The fourth-order valence-electron chi connectivity index (χ4n) is 1.94. The van der Waals surface area contributed by atoms with E-state index in [0.717, 1.165) is 25.4 Å². The van der Waals surface area contributed by atoms with Crippen LogP contribution >= 0.6 is 0 Å². The predicted octanol–water partition coefficient (Wildman–Crippen LogP) is 3.59. The zero-order chi connectivity index (χ0) is 13.2. The van der Waals surface area contributed by atoms with Gasteiger partial charge in [0.25, 0.3) is 0 Å². The van der Waals surface area contributed by atoms with Crippen LogP contribution in [0.25, 0.3) is 0 Å². The molecule has 0 saturated heterocycles. The molecule has 3 heteroatoms. The van der Waals surface area contributed by atoms with Crippen molar-refractivity contribution < 1.29 is 4.74 Å². The second-order valence-electron chi connectivity index (χ2n) is 4.61. The van der Waals surface area contributed by atoms with E-state index in [1.54, 1.807) is 0 Å². The van der Waals surface area contributed by atoms with Gasteiger partial charge in [-0.05, 0) is 50.5 Å². The molecule has 102 valence electrons. The number of hydrogen-bond acceptors (Lipinski definition) is 3. The highest BCUT2D eigenvalue weighted by Crippen LogP contribution is 2.17. The molecule has 1 rings (SSSR count). The first-order chi connectivity index (χ1) is 8.74. The van der Waals surface area contributed by atoms with E-state index in [1.807, 2.05) is 19.1 Å². The highest BCUT2D eigenvalue weighted by molar-refractivity contribution is 5.57. The van der Waals surface area contributed by atoms with Crippen molar-refractivity contribution in [3.05, 3.63) is 23.8 Å². The summed E-state index contributed by atoms with van der Waals surface area (Å²) in [6.45, 7) is 6.89. The number of nitrogen functional groups attached to an aromatic ring is 1. The Hall–Kier alpha value is -1.22. The number of anilines is 2. The molecule has 0 fully saturated rings. The summed E-state index contributed by atoms with van der Waals surface area (Å²) in [5.74, 6) is 0. The van der Waals surface area contributed by atoms with Gasteiger partial charge in [-0.2, -0.15) is 0 Å². The molecule has 0 heterocycles. The first-order valence-electron chi connectivity index (χ1n) is 6.91. The van der Waals surface area contributed by atoms with Gasteiger partial charge in [0.05, 0.1) is 0 Å². The minimum atomic E-state index is 0.828. The first kappa shape index (κ1) is 14.8. The molecule has 0 aromatic heterocycles. The first-order valence-corrected chi connectivity index (χ1v) is 6.91. The molecule has 0 radical (unpaired) electrons. The Balaban J connectivity index is 2.07. The molecule has 0 aliphatic rings. The average molecular weight is 250 g/mol. The molecule has 3 N–H and O–H groups in total. The molecule has 0 aliphatic heterocycles. The van der Waals surface area contributed by atoms with Crippen LogP contribution in [0.5, 0.6) is 0 Å². The minimum Gasteiger partial charge on any atom is -0.399 e. The average Bonchev–Trinajstić information content (AvgIpc) is 2.35. The van der Waals surface area contributed by atoms with Crippen LogP contribution in [0, 0.1) is 6.92 Å². The van der Waals surface area contributed by atoms with E-state index in [2.05, 4.69) is 18.3 Å². The van der Waals surface area contributed by atoms with Gasteiger partial charge >= 0.3 is 0 Å². The van der Waals surface area contributed by atoms with Crippen molar-refractivity contribution in [2.45, 2.75) is 39.5 Å². The molecule has 0 aliphatic carbocycles. The summed E-state index contributed by atoms with van der Waals surface area (Å²) in [7, 11) is 0. The Morgan fingerprint density at radius 1 is 1.17 bits per heavy atom. The van der Waals surface area contributed by atoms with E-state index >= 15 is 0 Å². The number of nitrogens with one attached hydrogen (secondary N) is 1. The number of hydrogen-bond donors (Lipinski definition) is 2. The van der Waals surface area contributed by atoms with Crippen LogP contribution in [0.4, 0.5) is 11.4 Å². The number of rotatable bonds is 9. The molecule has 0 unspecified atom stereocenters. The Bertz CT molecular complexity index is 339. The minimum absolute atomic E-state index is 0.828. The third-order valence-corrected chi connectivity index (χ3v) is 2.99. The molecule has 3 nitrogen and oxygen atoms in total. The van der Waals surface area contributed by atoms with E-state index in [0.29, 0.717) is 0 Å². The van der Waals surface area contributed by atoms with Crippen molar-refractivity contribution in [2.24, 2.45) is 0 Å². The lowest BCUT2D eigenvalue weighted by atomic mass is 10.1. The lowest BCUT2D eigenvalue weighted by molar-refractivity contribution is 0.143. The van der Waals surface area contributed by atoms with Gasteiger partial charge in [0.15, 0.2) is 0 Å². The zero-order valence-electron chi connectivity index (χ0n) is 11.7. The summed E-state index contributed by atoms with van der Waals surface area (Å²) < 4.78 is 5.31. The fraction of sp³-hybridized carbons (Fsp3) is 0.600. The molecule has 0 bridgehead atoms. The molecular weight excluding hydrogens is 224 g/mol. The topological polar surface area (TPSA) is 47.3 Å². The van der Waals surface area contributed by atoms with Crippen LogP contribution in [-0.4, -0.2) is 19.8 Å². The molecule has 1 aromatic rings. The number of nitrogens with two attached hydrogens (primary N) is 1. The van der Waals surface area contributed by atoms with E-state index in [9.17, 15) is 0 Å². The number of ether oxygens (including phenoxy) is 1.